The van der Waals surface area contributed by atoms with E-state index < -0.39 is 0 Å². The van der Waals surface area contributed by atoms with Gasteiger partial charge in [0.1, 0.15) is 18.7 Å². The SMILES string of the molecule is O=C1CC(c2ccn3ncnc3c2)c2ccc(OCc3ccccc3)cc2N1. The van der Waals surface area contributed by atoms with Gasteiger partial charge in [-0.3, -0.25) is 4.79 Å². The number of aromatic nitrogens is 3. The molecule has 2 aromatic carbocycles. The molecule has 138 valence electrons. The maximum absolute atomic E-state index is 12.3. The van der Waals surface area contributed by atoms with Gasteiger partial charge in [-0.2, -0.15) is 5.10 Å². The largest absolute Gasteiger partial charge is 0.489 e. The third-order valence-electron chi connectivity index (χ3n) is 5.02. The van der Waals surface area contributed by atoms with Crippen molar-refractivity contribution in [3.8, 4) is 5.75 Å². The smallest absolute Gasteiger partial charge is 0.225 e. The van der Waals surface area contributed by atoms with Crippen LogP contribution in [0.25, 0.3) is 5.65 Å². The molecule has 1 aliphatic rings. The summed E-state index contributed by atoms with van der Waals surface area (Å²) in [6.45, 7) is 0.487. The number of ether oxygens (including phenoxy) is 1. The van der Waals surface area contributed by atoms with Crippen LogP contribution in [0.5, 0.6) is 5.75 Å². The van der Waals surface area contributed by atoms with Crippen LogP contribution in [-0.4, -0.2) is 20.5 Å². The molecule has 1 aliphatic heterocycles. The number of carbonyl (C=O) groups is 1. The summed E-state index contributed by atoms with van der Waals surface area (Å²) in [5.74, 6) is 0.712. The van der Waals surface area contributed by atoms with E-state index >= 15 is 0 Å². The minimum Gasteiger partial charge on any atom is -0.489 e. The summed E-state index contributed by atoms with van der Waals surface area (Å²) >= 11 is 0. The molecule has 4 aromatic rings. The zero-order chi connectivity index (χ0) is 18.9. The minimum absolute atomic E-state index is 0.000880. The van der Waals surface area contributed by atoms with Crippen molar-refractivity contribution in [1.82, 2.24) is 14.6 Å². The normalized spacial score (nSPS) is 15.9. The Kier molecular flexibility index (Phi) is 4.01. The fourth-order valence-corrected chi connectivity index (χ4v) is 3.62. The molecule has 28 heavy (non-hydrogen) atoms. The van der Waals surface area contributed by atoms with Gasteiger partial charge in [-0.25, -0.2) is 9.50 Å². The highest BCUT2D eigenvalue weighted by Crippen LogP contribution is 2.39. The molecule has 3 heterocycles. The van der Waals surface area contributed by atoms with E-state index in [2.05, 4.69) is 15.4 Å². The Labute approximate surface area is 161 Å². The Morgan fingerprint density at radius 1 is 1.11 bits per heavy atom. The number of nitrogens with one attached hydrogen (secondary N) is 1. The zero-order valence-electron chi connectivity index (χ0n) is 15.1. The average molecular weight is 370 g/mol. The lowest BCUT2D eigenvalue weighted by molar-refractivity contribution is -0.116. The first kappa shape index (κ1) is 16.5. The second-order valence-corrected chi connectivity index (χ2v) is 6.85. The lowest BCUT2D eigenvalue weighted by Crippen LogP contribution is -2.23. The van der Waals surface area contributed by atoms with Crippen molar-refractivity contribution in [2.45, 2.75) is 18.9 Å². The van der Waals surface area contributed by atoms with Gasteiger partial charge in [-0.1, -0.05) is 36.4 Å². The fourth-order valence-electron chi connectivity index (χ4n) is 3.62. The van der Waals surface area contributed by atoms with Crippen molar-refractivity contribution < 1.29 is 9.53 Å². The summed E-state index contributed by atoms with van der Waals surface area (Å²) in [4.78, 5) is 16.6. The van der Waals surface area contributed by atoms with Gasteiger partial charge in [0.2, 0.25) is 5.91 Å². The first-order valence-corrected chi connectivity index (χ1v) is 9.16. The Morgan fingerprint density at radius 3 is 2.89 bits per heavy atom. The maximum Gasteiger partial charge on any atom is 0.225 e. The van der Waals surface area contributed by atoms with Crippen LogP contribution in [0.2, 0.25) is 0 Å². The molecule has 1 unspecified atom stereocenters. The molecule has 2 aromatic heterocycles. The number of anilines is 1. The lowest BCUT2D eigenvalue weighted by atomic mass is 9.85. The van der Waals surface area contributed by atoms with Gasteiger partial charge in [0.25, 0.3) is 0 Å². The predicted octanol–water partition coefficient (Wildman–Crippen LogP) is 3.78. The Balaban J connectivity index is 1.44. The molecule has 6 heteroatoms. The summed E-state index contributed by atoms with van der Waals surface area (Å²) in [5.41, 5.74) is 4.80. The van der Waals surface area contributed by atoms with E-state index in [1.165, 1.54) is 6.33 Å². The van der Waals surface area contributed by atoms with Crippen molar-refractivity contribution in [3.05, 3.63) is 89.9 Å². The van der Waals surface area contributed by atoms with E-state index in [-0.39, 0.29) is 11.8 Å². The first-order valence-electron chi connectivity index (χ1n) is 9.16. The molecule has 1 N–H and O–H groups in total. The number of carbonyl (C=O) groups excluding carboxylic acids is 1. The number of benzene rings is 2. The second-order valence-electron chi connectivity index (χ2n) is 6.85. The van der Waals surface area contributed by atoms with Gasteiger partial charge in [-0.15, -0.1) is 0 Å². The molecule has 0 saturated heterocycles. The van der Waals surface area contributed by atoms with Crippen molar-refractivity contribution in [2.75, 3.05) is 5.32 Å². The van der Waals surface area contributed by atoms with E-state index in [1.54, 1.807) is 4.52 Å². The standard InChI is InChI=1S/C22H18N4O2/c27-22-12-19(16-8-9-26-21(10-16)23-14-24-26)18-7-6-17(11-20(18)25-22)28-13-15-4-2-1-3-5-15/h1-11,14,19H,12-13H2,(H,25,27). The number of hydrogen-bond donors (Lipinski definition) is 1. The van der Waals surface area contributed by atoms with E-state index in [0.717, 1.165) is 33.8 Å². The molecule has 0 aliphatic carbocycles. The second kappa shape index (κ2) is 6.81. The van der Waals surface area contributed by atoms with Crippen LogP contribution in [-0.2, 0) is 11.4 Å². The summed E-state index contributed by atoms with van der Waals surface area (Å²) in [5, 5.41) is 7.11. The van der Waals surface area contributed by atoms with Crippen molar-refractivity contribution in [3.63, 3.8) is 0 Å². The van der Waals surface area contributed by atoms with Crippen molar-refractivity contribution >= 4 is 17.2 Å². The van der Waals surface area contributed by atoms with Crippen molar-refractivity contribution in [2.24, 2.45) is 0 Å². The Hall–Kier alpha value is -3.67. The van der Waals surface area contributed by atoms with Crippen LogP contribution >= 0.6 is 0 Å². The molecule has 0 fully saturated rings. The lowest BCUT2D eigenvalue weighted by Gasteiger charge is -2.26. The fraction of sp³-hybridized carbons (Fsp3) is 0.136. The molecular formula is C22H18N4O2. The van der Waals surface area contributed by atoms with Crippen LogP contribution < -0.4 is 10.1 Å². The summed E-state index contributed by atoms with van der Waals surface area (Å²) < 4.78 is 7.62. The van der Waals surface area contributed by atoms with Crippen LogP contribution in [0.1, 0.15) is 29.0 Å². The number of fused-ring (bicyclic) bond motifs is 2. The topological polar surface area (TPSA) is 68.5 Å². The van der Waals surface area contributed by atoms with Gasteiger partial charge in [-0.05, 0) is 34.9 Å². The van der Waals surface area contributed by atoms with Gasteiger partial charge < -0.3 is 10.1 Å². The molecule has 1 amide bonds. The number of nitrogens with zero attached hydrogens (tertiary/aromatic N) is 3. The quantitative estimate of drug-likeness (QED) is 0.594. The molecule has 0 bridgehead atoms. The maximum atomic E-state index is 12.3. The first-order chi connectivity index (χ1) is 13.8. The third-order valence-corrected chi connectivity index (χ3v) is 5.02. The van der Waals surface area contributed by atoms with Gasteiger partial charge in [0.05, 0.1) is 0 Å². The molecule has 0 spiro atoms. The molecule has 6 nitrogen and oxygen atoms in total. The van der Waals surface area contributed by atoms with E-state index in [0.29, 0.717) is 13.0 Å². The predicted molar refractivity (Wildman–Crippen MR) is 105 cm³/mol. The van der Waals surface area contributed by atoms with Gasteiger partial charge in [0, 0.05) is 30.3 Å². The highest BCUT2D eigenvalue weighted by Gasteiger charge is 2.27. The molecule has 5 rings (SSSR count). The highest BCUT2D eigenvalue weighted by molar-refractivity contribution is 5.95. The molecule has 0 saturated carbocycles. The molecule has 0 radical (unpaired) electrons. The van der Waals surface area contributed by atoms with E-state index in [9.17, 15) is 4.79 Å². The number of amides is 1. The average Bonchev–Trinajstić information content (AvgIpc) is 3.20. The van der Waals surface area contributed by atoms with Crippen LogP contribution in [0.3, 0.4) is 0 Å². The van der Waals surface area contributed by atoms with E-state index in [1.807, 2.05) is 66.9 Å². The summed E-state index contributed by atoms with van der Waals surface area (Å²) in [7, 11) is 0. The third kappa shape index (κ3) is 3.09. The molecular weight excluding hydrogens is 352 g/mol. The van der Waals surface area contributed by atoms with Crippen LogP contribution in [0, 0.1) is 0 Å². The number of hydrogen-bond acceptors (Lipinski definition) is 4. The highest BCUT2D eigenvalue weighted by atomic mass is 16.5. The Bertz CT molecular complexity index is 1150. The summed E-state index contributed by atoms with van der Waals surface area (Å²) in [6.07, 6.45) is 3.81. The van der Waals surface area contributed by atoms with E-state index in [4.69, 9.17) is 4.74 Å². The summed E-state index contributed by atoms with van der Waals surface area (Å²) in [6, 6.07) is 19.9. The van der Waals surface area contributed by atoms with Gasteiger partial charge in [0.15, 0.2) is 5.65 Å². The Morgan fingerprint density at radius 2 is 2.00 bits per heavy atom. The van der Waals surface area contributed by atoms with Gasteiger partial charge >= 0.3 is 0 Å². The minimum atomic E-state index is -0.0198. The monoisotopic (exact) mass is 370 g/mol. The molecule has 1 atom stereocenters. The zero-order valence-corrected chi connectivity index (χ0v) is 15.1. The van der Waals surface area contributed by atoms with Crippen LogP contribution in [0.4, 0.5) is 5.69 Å². The number of rotatable bonds is 4. The van der Waals surface area contributed by atoms with Crippen molar-refractivity contribution in [1.29, 1.82) is 0 Å². The number of pyridine rings is 1. The van der Waals surface area contributed by atoms with Crippen LogP contribution in [0.15, 0.2) is 73.2 Å².